The normalized spacial score (nSPS) is 12.6. The minimum Gasteiger partial charge on any atom is -0.407 e. The lowest BCUT2D eigenvalue weighted by molar-refractivity contribution is 0.0840. The van der Waals surface area contributed by atoms with Crippen molar-refractivity contribution in [2.24, 2.45) is 5.92 Å². The van der Waals surface area contributed by atoms with Crippen LogP contribution in [0.15, 0.2) is 45.6 Å². The molecule has 0 bridgehead atoms. The Morgan fingerprint density at radius 3 is 2.78 bits per heavy atom. The summed E-state index contributed by atoms with van der Waals surface area (Å²) < 4.78 is 6.14. The minimum absolute atomic E-state index is 0.257. The predicted octanol–water partition coefficient (Wildman–Crippen LogP) is 2.84. The van der Waals surface area contributed by atoms with Gasteiger partial charge in [-0.25, -0.2) is 9.36 Å². The van der Waals surface area contributed by atoms with Gasteiger partial charge in [0.25, 0.3) is 0 Å². The quantitative estimate of drug-likeness (QED) is 0.781. The summed E-state index contributed by atoms with van der Waals surface area (Å²) in [5.41, 5.74) is 1.86. The van der Waals surface area contributed by atoms with E-state index in [0.29, 0.717) is 17.5 Å². The summed E-state index contributed by atoms with van der Waals surface area (Å²) in [4.78, 5) is 24.0. The average molecular weight is 245 g/mol. The van der Waals surface area contributed by atoms with Crippen LogP contribution in [0.3, 0.4) is 0 Å². The Kier molecular flexibility index (Phi) is 3.19. The summed E-state index contributed by atoms with van der Waals surface area (Å²) >= 11 is 0. The van der Waals surface area contributed by atoms with E-state index in [-0.39, 0.29) is 11.8 Å². The van der Waals surface area contributed by atoms with E-state index in [0.717, 1.165) is 10.1 Å². The first-order chi connectivity index (χ1) is 8.50. The number of fused-ring (bicyclic) bond motifs is 1. The van der Waals surface area contributed by atoms with Crippen LogP contribution in [0.5, 0.6) is 0 Å². The molecular weight excluding hydrogens is 230 g/mol. The Labute approximate surface area is 105 Å². The highest BCUT2D eigenvalue weighted by Gasteiger charge is 2.21. The maximum Gasteiger partial charge on any atom is 0.426 e. The van der Waals surface area contributed by atoms with Crippen molar-refractivity contribution >= 4 is 17.0 Å². The van der Waals surface area contributed by atoms with E-state index in [1.54, 1.807) is 31.2 Å². The average Bonchev–Trinajstić information content (AvgIpc) is 2.63. The van der Waals surface area contributed by atoms with Crippen LogP contribution >= 0.6 is 0 Å². The molecule has 0 saturated carbocycles. The molecule has 0 aliphatic carbocycles. The van der Waals surface area contributed by atoms with Gasteiger partial charge in [-0.3, -0.25) is 4.79 Å². The van der Waals surface area contributed by atoms with E-state index >= 15 is 0 Å². The van der Waals surface area contributed by atoms with E-state index in [1.807, 2.05) is 6.92 Å². The molecule has 0 aliphatic rings. The third-order valence-corrected chi connectivity index (χ3v) is 2.78. The molecule has 4 heteroatoms. The molecule has 94 valence electrons. The van der Waals surface area contributed by atoms with Gasteiger partial charge in [0.05, 0.1) is 5.52 Å². The Balaban J connectivity index is 2.48. The van der Waals surface area contributed by atoms with Crippen LogP contribution in [0.2, 0.25) is 0 Å². The maximum absolute atomic E-state index is 12.2. The number of rotatable bonds is 3. The molecule has 0 aliphatic heterocycles. The summed E-state index contributed by atoms with van der Waals surface area (Å²) in [5, 5.41) is 0. The van der Waals surface area contributed by atoms with Crippen LogP contribution in [-0.4, -0.2) is 10.5 Å². The van der Waals surface area contributed by atoms with E-state index in [1.165, 1.54) is 0 Å². The Morgan fingerprint density at radius 2 is 2.11 bits per heavy atom. The molecule has 1 aromatic carbocycles. The van der Waals surface area contributed by atoms with Crippen molar-refractivity contribution in [3.8, 4) is 0 Å². The molecule has 0 spiro atoms. The molecule has 0 saturated heterocycles. The van der Waals surface area contributed by atoms with Gasteiger partial charge in [0, 0.05) is 5.92 Å². The van der Waals surface area contributed by atoms with E-state index < -0.39 is 5.76 Å². The summed E-state index contributed by atoms with van der Waals surface area (Å²) in [6.45, 7) is 7.42. The maximum atomic E-state index is 12.2. The monoisotopic (exact) mass is 245 g/mol. The van der Waals surface area contributed by atoms with Gasteiger partial charge in [-0.2, -0.15) is 0 Å². The molecule has 0 N–H and O–H groups in total. The smallest absolute Gasteiger partial charge is 0.407 e. The number of oxazole rings is 1. The Bertz CT molecular complexity index is 663. The molecule has 0 unspecified atom stereocenters. The zero-order chi connectivity index (χ0) is 13.3. The number of carbonyl (C=O) groups excluding carboxylic acids is 1. The van der Waals surface area contributed by atoms with Gasteiger partial charge in [0.2, 0.25) is 5.91 Å². The first-order valence-electron chi connectivity index (χ1n) is 5.80. The highest BCUT2D eigenvalue weighted by molar-refractivity contribution is 5.90. The Morgan fingerprint density at radius 1 is 1.44 bits per heavy atom. The van der Waals surface area contributed by atoms with Gasteiger partial charge in [-0.15, -0.1) is 6.58 Å². The van der Waals surface area contributed by atoms with E-state index in [2.05, 4.69) is 6.58 Å². The number of hydrogen-bond acceptors (Lipinski definition) is 3. The minimum atomic E-state index is -0.630. The summed E-state index contributed by atoms with van der Waals surface area (Å²) in [5.74, 6) is -1.18. The summed E-state index contributed by atoms with van der Waals surface area (Å²) in [7, 11) is 0. The van der Waals surface area contributed by atoms with Gasteiger partial charge in [-0.1, -0.05) is 24.6 Å². The topological polar surface area (TPSA) is 52.2 Å². The highest BCUT2D eigenvalue weighted by Crippen LogP contribution is 2.16. The summed E-state index contributed by atoms with van der Waals surface area (Å²) in [6.07, 6.45) is 0.560. The summed E-state index contributed by atoms with van der Waals surface area (Å²) in [6, 6.07) is 6.90. The van der Waals surface area contributed by atoms with Crippen LogP contribution < -0.4 is 5.76 Å². The van der Waals surface area contributed by atoms with Crippen molar-refractivity contribution in [3.63, 3.8) is 0 Å². The fraction of sp³-hybridized carbons (Fsp3) is 0.286. The number of aromatic nitrogens is 1. The number of hydrogen-bond donors (Lipinski definition) is 0. The highest BCUT2D eigenvalue weighted by atomic mass is 16.4. The molecule has 1 atom stereocenters. The second kappa shape index (κ2) is 4.64. The van der Waals surface area contributed by atoms with Crippen LogP contribution in [0.1, 0.15) is 25.1 Å². The van der Waals surface area contributed by atoms with Crippen molar-refractivity contribution in [2.75, 3.05) is 0 Å². The Hall–Kier alpha value is -2.10. The van der Waals surface area contributed by atoms with Gasteiger partial charge < -0.3 is 4.42 Å². The van der Waals surface area contributed by atoms with Crippen molar-refractivity contribution < 1.29 is 9.21 Å². The molecule has 0 radical (unpaired) electrons. The molecule has 0 amide bonds. The second-order valence-corrected chi connectivity index (χ2v) is 4.57. The lowest BCUT2D eigenvalue weighted by atomic mass is 10.0. The zero-order valence-corrected chi connectivity index (χ0v) is 10.5. The van der Waals surface area contributed by atoms with E-state index in [4.69, 9.17) is 4.42 Å². The first kappa shape index (κ1) is 12.4. The fourth-order valence-corrected chi connectivity index (χ4v) is 2.01. The molecule has 2 rings (SSSR count). The van der Waals surface area contributed by atoms with Gasteiger partial charge in [0.15, 0.2) is 5.58 Å². The first-order valence-corrected chi connectivity index (χ1v) is 5.80. The molecule has 0 fully saturated rings. The zero-order valence-electron chi connectivity index (χ0n) is 10.5. The number of benzene rings is 1. The van der Waals surface area contributed by atoms with Crippen molar-refractivity contribution in [3.05, 3.63) is 47.0 Å². The van der Waals surface area contributed by atoms with E-state index in [9.17, 15) is 9.59 Å². The molecule has 2 aromatic rings. The lowest BCUT2D eigenvalue weighted by Gasteiger charge is -2.09. The lowest BCUT2D eigenvalue weighted by Crippen LogP contribution is -2.27. The van der Waals surface area contributed by atoms with Crippen molar-refractivity contribution in [1.82, 2.24) is 4.57 Å². The molecule has 1 aromatic heterocycles. The number of carbonyl (C=O) groups is 1. The third-order valence-electron chi connectivity index (χ3n) is 2.78. The fourth-order valence-electron chi connectivity index (χ4n) is 2.01. The number of nitrogens with zero attached hydrogens (tertiary/aromatic N) is 1. The van der Waals surface area contributed by atoms with Crippen LogP contribution in [-0.2, 0) is 0 Å². The van der Waals surface area contributed by atoms with Gasteiger partial charge >= 0.3 is 5.76 Å². The SMILES string of the molecule is C=C(C)C[C@H](C)C(=O)n1c(=O)oc2ccccc21. The molecule has 4 nitrogen and oxygen atoms in total. The standard InChI is InChI=1S/C14H15NO3/c1-9(2)8-10(3)13(16)15-11-6-4-5-7-12(11)18-14(15)17/h4-7,10H,1,8H2,2-3H3/t10-/m0/s1. The van der Waals surface area contributed by atoms with Gasteiger partial charge in [0.1, 0.15) is 0 Å². The van der Waals surface area contributed by atoms with Crippen LogP contribution in [0.4, 0.5) is 0 Å². The van der Waals surface area contributed by atoms with Crippen molar-refractivity contribution in [2.45, 2.75) is 20.3 Å². The second-order valence-electron chi connectivity index (χ2n) is 4.57. The third kappa shape index (κ3) is 2.14. The molecule has 1 heterocycles. The van der Waals surface area contributed by atoms with Crippen LogP contribution in [0.25, 0.3) is 11.1 Å². The number of para-hydroxylation sites is 2. The van der Waals surface area contributed by atoms with Crippen LogP contribution in [0, 0.1) is 5.92 Å². The predicted molar refractivity (Wildman–Crippen MR) is 69.7 cm³/mol. The number of allylic oxidation sites excluding steroid dienone is 1. The molecule has 18 heavy (non-hydrogen) atoms. The molecular formula is C14H15NO3. The largest absolute Gasteiger partial charge is 0.426 e. The van der Waals surface area contributed by atoms with Gasteiger partial charge in [-0.05, 0) is 25.5 Å². The van der Waals surface area contributed by atoms with Crippen molar-refractivity contribution in [1.29, 1.82) is 0 Å².